The lowest BCUT2D eigenvalue weighted by Gasteiger charge is -1.98. The first-order valence-electron chi connectivity index (χ1n) is 4.11. The first-order chi connectivity index (χ1) is 7.34. The van der Waals surface area contributed by atoms with Crippen molar-refractivity contribution < 1.29 is 12.8 Å². The Kier molecular flexibility index (Phi) is 3.83. The second-order valence-electron chi connectivity index (χ2n) is 3.07. The molecule has 6 heteroatoms. The summed E-state index contributed by atoms with van der Waals surface area (Å²) in [5, 5.41) is 8.66. The van der Waals surface area contributed by atoms with Crippen molar-refractivity contribution in [2.24, 2.45) is 0 Å². The zero-order chi connectivity index (χ0) is 12.3. The van der Waals surface area contributed by atoms with Gasteiger partial charge >= 0.3 is 0 Å². The van der Waals surface area contributed by atoms with Crippen molar-refractivity contribution in [3.05, 3.63) is 39.0 Å². The van der Waals surface area contributed by atoms with Crippen molar-refractivity contribution in [2.45, 2.75) is 0 Å². The predicted molar refractivity (Wildman–Crippen MR) is 62.5 cm³/mol. The number of allylic oxidation sites excluding steroid dienone is 1. The van der Waals surface area contributed by atoms with E-state index in [-0.39, 0.29) is 9.38 Å². The van der Waals surface area contributed by atoms with Gasteiger partial charge in [-0.1, -0.05) is 6.07 Å². The highest BCUT2D eigenvalue weighted by atomic mass is 79.9. The van der Waals surface area contributed by atoms with Crippen LogP contribution in [-0.2, 0) is 9.84 Å². The number of nitrogens with zero attached hydrogens (tertiary/aromatic N) is 1. The molecule has 0 radical (unpaired) electrons. The molecule has 0 saturated carbocycles. The molecule has 1 aromatic rings. The fraction of sp³-hybridized carbons (Fsp3) is 0.100. The van der Waals surface area contributed by atoms with Crippen LogP contribution in [0.4, 0.5) is 4.39 Å². The molecule has 1 rings (SSSR count). The number of halogens is 2. The molecule has 0 fully saturated rings. The van der Waals surface area contributed by atoms with Crippen LogP contribution in [-0.4, -0.2) is 14.7 Å². The zero-order valence-corrected chi connectivity index (χ0v) is 10.6. The molecule has 0 heterocycles. The molecule has 0 aliphatic heterocycles. The van der Waals surface area contributed by atoms with E-state index in [1.54, 1.807) is 6.07 Å². The van der Waals surface area contributed by atoms with Crippen molar-refractivity contribution in [1.29, 1.82) is 5.26 Å². The van der Waals surface area contributed by atoms with Crippen LogP contribution in [0.1, 0.15) is 5.56 Å². The highest BCUT2D eigenvalue weighted by molar-refractivity contribution is 9.10. The Morgan fingerprint density at radius 2 is 2.19 bits per heavy atom. The number of rotatable bonds is 2. The number of hydrogen-bond donors (Lipinski definition) is 0. The highest BCUT2D eigenvalue weighted by Gasteiger charge is 2.10. The van der Waals surface area contributed by atoms with Crippen LogP contribution in [0.5, 0.6) is 0 Å². The summed E-state index contributed by atoms with van der Waals surface area (Å²) in [6.45, 7) is 0. The largest absolute Gasteiger partial charge is 0.223 e. The molecule has 0 unspecified atom stereocenters. The minimum atomic E-state index is -3.55. The summed E-state index contributed by atoms with van der Waals surface area (Å²) in [7, 11) is -3.55. The van der Waals surface area contributed by atoms with Gasteiger partial charge in [0, 0.05) is 6.26 Å². The van der Waals surface area contributed by atoms with Crippen LogP contribution in [0.15, 0.2) is 27.6 Å². The summed E-state index contributed by atoms with van der Waals surface area (Å²) in [6, 6.07) is 5.57. The van der Waals surface area contributed by atoms with Gasteiger partial charge < -0.3 is 0 Å². The average molecular weight is 304 g/mol. The zero-order valence-electron chi connectivity index (χ0n) is 8.24. The SMILES string of the molecule is CS(=O)(=O)/C(C#N)=C/c1ccc(F)c(Br)c1. The Balaban J connectivity index is 3.27. The van der Waals surface area contributed by atoms with E-state index >= 15 is 0 Å². The number of hydrogen-bond acceptors (Lipinski definition) is 3. The van der Waals surface area contributed by atoms with Crippen molar-refractivity contribution >= 4 is 31.8 Å². The van der Waals surface area contributed by atoms with E-state index in [2.05, 4.69) is 15.9 Å². The second kappa shape index (κ2) is 4.76. The van der Waals surface area contributed by atoms with Crippen LogP contribution in [0.25, 0.3) is 6.08 Å². The molecule has 16 heavy (non-hydrogen) atoms. The molecule has 84 valence electrons. The molecular formula is C10H7BrFNO2S. The Bertz CT molecular complexity index is 587. The van der Waals surface area contributed by atoms with Crippen LogP contribution >= 0.6 is 15.9 Å². The lowest BCUT2D eigenvalue weighted by atomic mass is 10.2. The van der Waals surface area contributed by atoms with E-state index in [0.29, 0.717) is 5.56 Å². The first kappa shape index (κ1) is 12.9. The van der Waals surface area contributed by atoms with Crippen LogP contribution in [0.2, 0.25) is 0 Å². The summed E-state index contributed by atoms with van der Waals surface area (Å²) in [4.78, 5) is -0.356. The van der Waals surface area contributed by atoms with Gasteiger partial charge in [-0.05, 0) is 39.7 Å². The Labute approximate surface area is 101 Å². The van der Waals surface area contributed by atoms with E-state index in [9.17, 15) is 12.8 Å². The second-order valence-corrected chi connectivity index (χ2v) is 5.90. The molecule has 1 aromatic carbocycles. The monoisotopic (exact) mass is 303 g/mol. The fourth-order valence-corrected chi connectivity index (χ4v) is 1.89. The van der Waals surface area contributed by atoms with Crippen LogP contribution in [0, 0.1) is 17.1 Å². The standard InChI is InChI=1S/C10H7BrFNO2S/c1-16(14,15)8(6-13)4-7-2-3-10(12)9(11)5-7/h2-5H,1H3/b8-4+. The Hall–Kier alpha value is -1.19. The maximum absolute atomic E-state index is 12.9. The van der Waals surface area contributed by atoms with Crippen molar-refractivity contribution in [2.75, 3.05) is 6.26 Å². The molecule has 0 N–H and O–H groups in total. The van der Waals surface area contributed by atoms with Gasteiger partial charge in [0.1, 0.15) is 16.8 Å². The third-order valence-electron chi connectivity index (χ3n) is 1.75. The normalized spacial score (nSPS) is 12.2. The van der Waals surface area contributed by atoms with Crippen LogP contribution < -0.4 is 0 Å². The summed E-state index contributed by atoms with van der Waals surface area (Å²) in [5.74, 6) is -0.449. The van der Waals surface area contributed by atoms with Gasteiger partial charge in [0.15, 0.2) is 9.84 Å². The Morgan fingerprint density at radius 3 is 2.62 bits per heavy atom. The van der Waals surface area contributed by atoms with E-state index < -0.39 is 15.7 Å². The lowest BCUT2D eigenvalue weighted by Crippen LogP contribution is -1.98. The van der Waals surface area contributed by atoms with Crippen molar-refractivity contribution in [1.82, 2.24) is 0 Å². The molecule has 0 amide bonds. The van der Waals surface area contributed by atoms with Gasteiger partial charge in [-0.25, -0.2) is 12.8 Å². The number of nitriles is 1. The van der Waals surface area contributed by atoms with E-state index in [4.69, 9.17) is 5.26 Å². The van der Waals surface area contributed by atoms with Gasteiger partial charge in [-0.15, -0.1) is 0 Å². The van der Waals surface area contributed by atoms with Gasteiger partial charge in [-0.2, -0.15) is 5.26 Å². The molecule has 0 aliphatic rings. The molecule has 0 aliphatic carbocycles. The predicted octanol–water partition coefficient (Wildman–Crippen LogP) is 2.50. The Morgan fingerprint density at radius 1 is 1.56 bits per heavy atom. The fourth-order valence-electron chi connectivity index (χ4n) is 0.976. The highest BCUT2D eigenvalue weighted by Crippen LogP contribution is 2.19. The maximum atomic E-state index is 12.9. The molecule has 0 bridgehead atoms. The third-order valence-corrected chi connectivity index (χ3v) is 3.37. The van der Waals surface area contributed by atoms with Gasteiger partial charge in [0.2, 0.25) is 0 Å². The summed E-state index contributed by atoms with van der Waals surface area (Å²) < 4.78 is 35.4. The molecule has 0 saturated heterocycles. The number of benzene rings is 1. The molecule has 0 spiro atoms. The lowest BCUT2D eigenvalue weighted by molar-refractivity contribution is 0.609. The third kappa shape index (κ3) is 3.15. The van der Waals surface area contributed by atoms with E-state index in [0.717, 1.165) is 6.26 Å². The molecular weight excluding hydrogens is 297 g/mol. The number of sulfone groups is 1. The minimum absolute atomic E-state index is 0.215. The van der Waals surface area contributed by atoms with E-state index in [1.807, 2.05) is 0 Å². The summed E-state index contributed by atoms with van der Waals surface area (Å²) in [5.41, 5.74) is 0.440. The summed E-state index contributed by atoms with van der Waals surface area (Å²) >= 11 is 2.97. The first-order valence-corrected chi connectivity index (χ1v) is 6.80. The summed E-state index contributed by atoms with van der Waals surface area (Å²) in [6.07, 6.45) is 2.14. The topological polar surface area (TPSA) is 57.9 Å². The quantitative estimate of drug-likeness (QED) is 0.789. The van der Waals surface area contributed by atoms with Gasteiger partial charge in [0.25, 0.3) is 0 Å². The van der Waals surface area contributed by atoms with Crippen molar-refractivity contribution in [3.8, 4) is 6.07 Å². The van der Waals surface area contributed by atoms with E-state index in [1.165, 1.54) is 24.3 Å². The smallest absolute Gasteiger partial charge is 0.185 e. The molecule has 0 aromatic heterocycles. The average Bonchev–Trinajstić information content (AvgIpc) is 2.18. The maximum Gasteiger partial charge on any atom is 0.185 e. The molecule has 3 nitrogen and oxygen atoms in total. The van der Waals surface area contributed by atoms with Crippen molar-refractivity contribution in [3.63, 3.8) is 0 Å². The minimum Gasteiger partial charge on any atom is -0.223 e. The van der Waals surface area contributed by atoms with Gasteiger partial charge in [-0.3, -0.25) is 0 Å². The molecule has 0 atom stereocenters. The van der Waals surface area contributed by atoms with Gasteiger partial charge in [0.05, 0.1) is 4.47 Å². The van der Waals surface area contributed by atoms with Crippen LogP contribution in [0.3, 0.4) is 0 Å².